The van der Waals surface area contributed by atoms with E-state index in [2.05, 4.69) is 10.6 Å². The van der Waals surface area contributed by atoms with Crippen LogP contribution in [0.3, 0.4) is 0 Å². The monoisotopic (exact) mass is 490 g/mol. The van der Waals surface area contributed by atoms with Gasteiger partial charge in [0.2, 0.25) is 15.9 Å². The Morgan fingerprint density at radius 2 is 1.65 bits per heavy atom. The van der Waals surface area contributed by atoms with E-state index in [-0.39, 0.29) is 28.8 Å². The Kier molecular flexibility index (Phi) is 9.58. The largest absolute Gasteiger partial charge is 0.385 e. The van der Waals surface area contributed by atoms with Crippen LogP contribution in [0, 0.1) is 0 Å². The topological polar surface area (TPSA) is 125 Å². The van der Waals surface area contributed by atoms with Crippen molar-refractivity contribution in [3.63, 3.8) is 0 Å². The molecule has 0 aliphatic heterocycles. The smallest absolute Gasteiger partial charge is 0.253 e. The number of nitrogens with one attached hydrogen (secondary N) is 2. The third kappa shape index (κ3) is 7.56. The van der Waals surface area contributed by atoms with E-state index in [0.29, 0.717) is 25.1 Å². The van der Waals surface area contributed by atoms with Crippen molar-refractivity contribution in [3.8, 4) is 0 Å². The molecule has 0 aliphatic carbocycles. The number of carbonyl (C=O) groups is 3. The first kappa shape index (κ1) is 26.8. The predicted octanol–water partition coefficient (Wildman–Crippen LogP) is 1.56. The second kappa shape index (κ2) is 12.1. The maximum absolute atomic E-state index is 12.8. The zero-order valence-corrected chi connectivity index (χ0v) is 20.5. The van der Waals surface area contributed by atoms with Gasteiger partial charge >= 0.3 is 0 Å². The van der Waals surface area contributed by atoms with Crippen LogP contribution in [0.2, 0.25) is 0 Å². The van der Waals surface area contributed by atoms with E-state index in [1.807, 2.05) is 0 Å². The molecule has 0 atom stereocenters. The molecule has 3 amide bonds. The van der Waals surface area contributed by atoms with Gasteiger partial charge in [-0.25, -0.2) is 8.42 Å². The molecule has 0 saturated carbocycles. The number of carbonyl (C=O) groups excluding carboxylic acids is 3. The summed E-state index contributed by atoms with van der Waals surface area (Å²) in [6.07, 6.45) is 1.62. The van der Waals surface area contributed by atoms with Gasteiger partial charge in [-0.1, -0.05) is 12.1 Å². The van der Waals surface area contributed by atoms with Crippen LogP contribution in [0.5, 0.6) is 0 Å². The highest BCUT2D eigenvalue weighted by atomic mass is 32.2. The van der Waals surface area contributed by atoms with Crippen LogP contribution in [0.15, 0.2) is 48.5 Å². The quantitative estimate of drug-likeness (QED) is 0.461. The third-order valence-corrected chi connectivity index (χ3v) is 5.89. The van der Waals surface area contributed by atoms with E-state index in [1.54, 1.807) is 45.5 Å². The molecule has 2 aromatic carbocycles. The minimum atomic E-state index is -3.81. The Bertz CT molecular complexity index is 1120. The zero-order valence-electron chi connectivity index (χ0n) is 19.7. The number of amides is 3. The molecule has 11 heteroatoms. The first-order chi connectivity index (χ1) is 16.0. The summed E-state index contributed by atoms with van der Waals surface area (Å²) in [5.41, 5.74) is 1.14. The average molecular weight is 491 g/mol. The highest BCUT2D eigenvalue weighted by Crippen LogP contribution is 2.20. The summed E-state index contributed by atoms with van der Waals surface area (Å²) in [6, 6.07) is 12.4. The summed E-state index contributed by atoms with van der Waals surface area (Å²) in [5.74, 6) is -1.22. The molecule has 184 valence electrons. The van der Waals surface area contributed by atoms with Gasteiger partial charge in [0.15, 0.2) is 0 Å². The number of para-hydroxylation sites is 1. The van der Waals surface area contributed by atoms with Gasteiger partial charge in [-0.3, -0.25) is 18.7 Å². The highest BCUT2D eigenvalue weighted by Gasteiger charge is 2.22. The molecule has 2 N–H and O–H groups in total. The number of methoxy groups -OCH3 is 1. The Balaban J connectivity index is 2.16. The van der Waals surface area contributed by atoms with E-state index >= 15 is 0 Å². The zero-order chi connectivity index (χ0) is 25.3. The van der Waals surface area contributed by atoms with Crippen LogP contribution in [-0.2, 0) is 19.6 Å². The average Bonchev–Trinajstić information content (AvgIpc) is 2.79. The normalized spacial score (nSPS) is 10.9. The molecule has 0 unspecified atom stereocenters. The number of rotatable bonds is 11. The highest BCUT2D eigenvalue weighted by molar-refractivity contribution is 7.92. The van der Waals surface area contributed by atoms with Gasteiger partial charge in [-0.05, 0) is 42.8 Å². The van der Waals surface area contributed by atoms with Crippen molar-refractivity contribution >= 4 is 39.1 Å². The van der Waals surface area contributed by atoms with Crippen molar-refractivity contribution in [2.75, 3.05) is 56.8 Å². The number of hydrogen-bond acceptors (Lipinski definition) is 6. The summed E-state index contributed by atoms with van der Waals surface area (Å²) in [7, 11) is 0.985. The summed E-state index contributed by atoms with van der Waals surface area (Å²) in [4.78, 5) is 38.7. The lowest BCUT2D eigenvalue weighted by Gasteiger charge is -2.22. The molecule has 0 saturated heterocycles. The first-order valence-corrected chi connectivity index (χ1v) is 12.3. The molecule has 2 aromatic rings. The summed E-state index contributed by atoms with van der Waals surface area (Å²) in [6.45, 7) is 0.400. The van der Waals surface area contributed by atoms with Crippen LogP contribution < -0.4 is 14.9 Å². The van der Waals surface area contributed by atoms with Crippen LogP contribution >= 0.6 is 0 Å². The lowest BCUT2D eigenvalue weighted by molar-refractivity contribution is -0.114. The number of ether oxygens (including phenoxy) is 1. The molecule has 0 radical (unpaired) electrons. The molecule has 0 aromatic heterocycles. The van der Waals surface area contributed by atoms with Crippen LogP contribution in [0.25, 0.3) is 0 Å². The summed E-state index contributed by atoms with van der Waals surface area (Å²) < 4.78 is 30.7. The summed E-state index contributed by atoms with van der Waals surface area (Å²) in [5, 5.41) is 5.37. The van der Waals surface area contributed by atoms with Crippen molar-refractivity contribution in [1.29, 1.82) is 0 Å². The molecule has 0 fully saturated rings. The molecule has 0 spiro atoms. The number of nitrogens with zero attached hydrogens (tertiary/aromatic N) is 2. The lowest BCUT2D eigenvalue weighted by Crippen LogP contribution is -2.38. The maximum atomic E-state index is 12.8. The summed E-state index contributed by atoms with van der Waals surface area (Å²) >= 11 is 0. The predicted molar refractivity (Wildman–Crippen MR) is 131 cm³/mol. The van der Waals surface area contributed by atoms with E-state index in [9.17, 15) is 22.8 Å². The molecule has 2 rings (SSSR count). The maximum Gasteiger partial charge on any atom is 0.253 e. The second-order valence-corrected chi connectivity index (χ2v) is 9.62. The van der Waals surface area contributed by atoms with Gasteiger partial charge in [0, 0.05) is 39.9 Å². The Labute approximate surface area is 199 Å². The van der Waals surface area contributed by atoms with Crippen molar-refractivity contribution in [3.05, 3.63) is 59.7 Å². The van der Waals surface area contributed by atoms with E-state index < -0.39 is 22.5 Å². The fourth-order valence-corrected chi connectivity index (χ4v) is 3.91. The molecule has 0 heterocycles. The van der Waals surface area contributed by atoms with Gasteiger partial charge in [0.05, 0.1) is 23.2 Å². The van der Waals surface area contributed by atoms with E-state index in [4.69, 9.17) is 4.74 Å². The minimum Gasteiger partial charge on any atom is -0.385 e. The standard InChI is InChI=1S/C23H30N4O6S/c1-26(2)23(30)17-10-12-18(13-11-17)27(34(4,31)32)16-21(28)25-20-9-6-5-8-19(20)22(29)24-14-7-15-33-3/h5-6,8-13H,7,14-16H2,1-4H3,(H,24,29)(H,25,28). The Morgan fingerprint density at radius 3 is 2.24 bits per heavy atom. The van der Waals surface area contributed by atoms with Crippen molar-refractivity contribution < 1.29 is 27.5 Å². The first-order valence-electron chi connectivity index (χ1n) is 10.5. The fourth-order valence-electron chi connectivity index (χ4n) is 3.05. The number of anilines is 2. The van der Waals surface area contributed by atoms with Gasteiger partial charge in [-0.15, -0.1) is 0 Å². The molecule has 10 nitrogen and oxygen atoms in total. The number of benzene rings is 2. The van der Waals surface area contributed by atoms with Crippen molar-refractivity contribution in [2.45, 2.75) is 6.42 Å². The van der Waals surface area contributed by atoms with Gasteiger partial charge in [0.25, 0.3) is 11.8 Å². The van der Waals surface area contributed by atoms with Crippen LogP contribution in [0.4, 0.5) is 11.4 Å². The Morgan fingerprint density at radius 1 is 1.00 bits per heavy atom. The van der Waals surface area contributed by atoms with Crippen molar-refractivity contribution in [2.24, 2.45) is 0 Å². The molecular formula is C23H30N4O6S. The molecule has 0 bridgehead atoms. The number of hydrogen-bond donors (Lipinski definition) is 2. The molecule has 0 aliphatic rings. The van der Waals surface area contributed by atoms with Gasteiger partial charge in [-0.2, -0.15) is 0 Å². The van der Waals surface area contributed by atoms with Crippen LogP contribution in [-0.4, -0.2) is 78.2 Å². The third-order valence-electron chi connectivity index (χ3n) is 4.75. The lowest BCUT2D eigenvalue weighted by atomic mass is 10.1. The minimum absolute atomic E-state index is 0.229. The van der Waals surface area contributed by atoms with E-state index in [0.717, 1.165) is 10.6 Å². The van der Waals surface area contributed by atoms with Gasteiger partial charge < -0.3 is 20.3 Å². The van der Waals surface area contributed by atoms with Crippen LogP contribution in [0.1, 0.15) is 27.1 Å². The fraction of sp³-hybridized carbons (Fsp3) is 0.348. The Hall–Kier alpha value is -3.44. The molecular weight excluding hydrogens is 460 g/mol. The van der Waals surface area contributed by atoms with Gasteiger partial charge in [0.1, 0.15) is 6.54 Å². The molecule has 34 heavy (non-hydrogen) atoms. The SMILES string of the molecule is COCCCNC(=O)c1ccccc1NC(=O)CN(c1ccc(C(=O)N(C)C)cc1)S(C)(=O)=O. The second-order valence-electron chi connectivity index (χ2n) is 7.71. The van der Waals surface area contributed by atoms with E-state index in [1.165, 1.54) is 29.2 Å². The number of sulfonamides is 1. The van der Waals surface area contributed by atoms with Crippen molar-refractivity contribution in [1.82, 2.24) is 10.2 Å².